The summed E-state index contributed by atoms with van der Waals surface area (Å²) in [7, 11) is 0. The van der Waals surface area contributed by atoms with E-state index in [0.29, 0.717) is 6.04 Å². The first-order valence-corrected chi connectivity index (χ1v) is 7.77. The SMILES string of the molecule is CCCn1ccnc1CC(NCC)c1scnc1C. The van der Waals surface area contributed by atoms with Crippen molar-refractivity contribution in [2.24, 2.45) is 0 Å². The van der Waals surface area contributed by atoms with Crippen molar-refractivity contribution in [2.75, 3.05) is 6.54 Å². The van der Waals surface area contributed by atoms with E-state index in [1.807, 2.05) is 11.7 Å². The first-order chi connectivity index (χ1) is 9.26. The fourth-order valence-corrected chi connectivity index (χ4v) is 3.18. The lowest BCUT2D eigenvalue weighted by Crippen LogP contribution is -2.24. The van der Waals surface area contributed by atoms with Gasteiger partial charge in [0.15, 0.2) is 0 Å². The minimum atomic E-state index is 0.315. The van der Waals surface area contributed by atoms with Crippen LogP contribution in [0.3, 0.4) is 0 Å². The highest BCUT2D eigenvalue weighted by Crippen LogP contribution is 2.24. The van der Waals surface area contributed by atoms with Crippen LogP contribution in [0.25, 0.3) is 0 Å². The van der Waals surface area contributed by atoms with E-state index in [1.165, 1.54) is 4.88 Å². The Bertz CT molecular complexity index is 503. The second kappa shape index (κ2) is 6.82. The van der Waals surface area contributed by atoms with E-state index in [0.717, 1.165) is 37.4 Å². The molecule has 2 aromatic rings. The van der Waals surface area contributed by atoms with Crippen LogP contribution in [0.15, 0.2) is 17.9 Å². The Balaban J connectivity index is 2.17. The van der Waals surface area contributed by atoms with Crippen LogP contribution in [0.2, 0.25) is 0 Å². The van der Waals surface area contributed by atoms with Gasteiger partial charge in [-0.15, -0.1) is 11.3 Å². The second-order valence-corrected chi connectivity index (χ2v) is 5.54. The molecule has 0 saturated carbocycles. The maximum absolute atomic E-state index is 4.50. The average molecular weight is 278 g/mol. The van der Waals surface area contributed by atoms with Gasteiger partial charge in [-0.3, -0.25) is 0 Å². The molecular formula is C14H22N4S. The number of hydrogen-bond donors (Lipinski definition) is 1. The van der Waals surface area contributed by atoms with Gasteiger partial charge in [0.2, 0.25) is 0 Å². The highest BCUT2D eigenvalue weighted by Gasteiger charge is 2.18. The van der Waals surface area contributed by atoms with E-state index < -0.39 is 0 Å². The van der Waals surface area contributed by atoms with Gasteiger partial charge >= 0.3 is 0 Å². The normalized spacial score (nSPS) is 12.8. The minimum absolute atomic E-state index is 0.315. The maximum Gasteiger partial charge on any atom is 0.110 e. The molecule has 2 heterocycles. The zero-order valence-corrected chi connectivity index (χ0v) is 12.7. The van der Waals surface area contributed by atoms with Crippen molar-refractivity contribution >= 4 is 11.3 Å². The summed E-state index contributed by atoms with van der Waals surface area (Å²) in [6.07, 6.45) is 6.02. The zero-order chi connectivity index (χ0) is 13.7. The van der Waals surface area contributed by atoms with Crippen LogP contribution >= 0.6 is 11.3 Å². The van der Waals surface area contributed by atoms with E-state index in [4.69, 9.17) is 0 Å². The van der Waals surface area contributed by atoms with Crippen molar-refractivity contribution in [1.29, 1.82) is 0 Å². The average Bonchev–Trinajstić information content (AvgIpc) is 2.99. The lowest BCUT2D eigenvalue weighted by Gasteiger charge is -2.17. The van der Waals surface area contributed by atoms with E-state index in [2.05, 4.69) is 46.8 Å². The van der Waals surface area contributed by atoms with Crippen molar-refractivity contribution in [1.82, 2.24) is 19.9 Å². The van der Waals surface area contributed by atoms with Gasteiger partial charge in [0.1, 0.15) is 5.82 Å². The molecule has 0 bridgehead atoms. The van der Waals surface area contributed by atoms with Gasteiger partial charge in [-0.25, -0.2) is 9.97 Å². The van der Waals surface area contributed by atoms with Gasteiger partial charge in [0.05, 0.1) is 17.2 Å². The number of nitrogens with zero attached hydrogens (tertiary/aromatic N) is 3. The van der Waals surface area contributed by atoms with E-state index in [9.17, 15) is 0 Å². The van der Waals surface area contributed by atoms with Gasteiger partial charge < -0.3 is 9.88 Å². The Kier molecular flexibility index (Phi) is 5.10. The molecule has 0 aliphatic rings. The van der Waals surface area contributed by atoms with Gasteiger partial charge in [0, 0.05) is 30.2 Å². The molecule has 1 unspecified atom stereocenters. The zero-order valence-electron chi connectivity index (χ0n) is 11.9. The quantitative estimate of drug-likeness (QED) is 0.846. The smallest absolute Gasteiger partial charge is 0.110 e. The van der Waals surface area contributed by atoms with E-state index in [1.54, 1.807) is 11.3 Å². The number of aryl methyl sites for hydroxylation is 2. The standard InChI is InChI=1S/C14H22N4S/c1-4-7-18-8-6-16-13(18)9-12(15-5-2)14-11(3)17-10-19-14/h6,8,10,12,15H,4-5,7,9H2,1-3H3. The first-order valence-electron chi connectivity index (χ1n) is 6.89. The number of imidazole rings is 1. The van der Waals surface area contributed by atoms with Crippen LogP contribution in [0.4, 0.5) is 0 Å². The van der Waals surface area contributed by atoms with Gasteiger partial charge in [-0.2, -0.15) is 0 Å². The van der Waals surface area contributed by atoms with Gasteiger partial charge in [-0.05, 0) is 19.9 Å². The van der Waals surface area contributed by atoms with Gasteiger partial charge in [-0.1, -0.05) is 13.8 Å². The van der Waals surface area contributed by atoms with Crippen molar-refractivity contribution < 1.29 is 0 Å². The highest BCUT2D eigenvalue weighted by atomic mass is 32.1. The third-order valence-corrected chi connectivity index (χ3v) is 4.25. The third kappa shape index (κ3) is 3.42. The number of aromatic nitrogens is 3. The van der Waals surface area contributed by atoms with Crippen LogP contribution in [-0.4, -0.2) is 21.1 Å². The Hall–Kier alpha value is -1.20. The second-order valence-electron chi connectivity index (χ2n) is 4.65. The number of likely N-dealkylation sites (N-methyl/N-ethyl adjacent to an activating group) is 1. The van der Waals surface area contributed by atoms with E-state index >= 15 is 0 Å². The topological polar surface area (TPSA) is 42.7 Å². The summed E-state index contributed by atoms with van der Waals surface area (Å²) in [4.78, 5) is 10.2. The summed E-state index contributed by atoms with van der Waals surface area (Å²) >= 11 is 1.73. The molecule has 0 aliphatic heterocycles. The molecule has 2 rings (SSSR count). The molecular weight excluding hydrogens is 256 g/mol. The highest BCUT2D eigenvalue weighted by molar-refractivity contribution is 7.09. The molecule has 0 aromatic carbocycles. The van der Waals surface area contributed by atoms with Crippen LogP contribution in [-0.2, 0) is 13.0 Å². The summed E-state index contributed by atoms with van der Waals surface area (Å²) < 4.78 is 2.25. The summed E-state index contributed by atoms with van der Waals surface area (Å²) in [5, 5.41) is 3.55. The Morgan fingerprint density at radius 3 is 2.84 bits per heavy atom. The van der Waals surface area contributed by atoms with E-state index in [-0.39, 0.29) is 0 Å². The van der Waals surface area contributed by atoms with Crippen molar-refractivity contribution in [3.05, 3.63) is 34.3 Å². The van der Waals surface area contributed by atoms with Crippen LogP contribution in [0, 0.1) is 6.92 Å². The summed E-state index contributed by atoms with van der Waals surface area (Å²) in [6.45, 7) is 8.40. The molecule has 4 nitrogen and oxygen atoms in total. The third-order valence-electron chi connectivity index (χ3n) is 3.20. The predicted octanol–water partition coefficient (Wildman–Crippen LogP) is 2.95. The van der Waals surface area contributed by atoms with Crippen LogP contribution in [0.1, 0.15) is 42.7 Å². The lowest BCUT2D eigenvalue weighted by molar-refractivity contribution is 0.520. The molecule has 0 spiro atoms. The molecule has 0 aliphatic carbocycles. The fourth-order valence-electron chi connectivity index (χ4n) is 2.31. The predicted molar refractivity (Wildman–Crippen MR) is 79.5 cm³/mol. The molecule has 0 fully saturated rings. The van der Waals surface area contributed by atoms with Gasteiger partial charge in [0.25, 0.3) is 0 Å². The Labute approximate surface area is 118 Å². The molecule has 1 N–H and O–H groups in total. The molecule has 0 saturated heterocycles. The summed E-state index contributed by atoms with van der Waals surface area (Å²) in [6, 6.07) is 0.315. The number of nitrogens with one attached hydrogen (secondary N) is 1. The number of rotatable bonds is 7. The first kappa shape index (κ1) is 14.2. The number of thiazole rings is 1. The summed E-state index contributed by atoms with van der Waals surface area (Å²) in [5.74, 6) is 1.15. The molecule has 0 radical (unpaired) electrons. The largest absolute Gasteiger partial charge is 0.335 e. The lowest BCUT2D eigenvalue weighted by atomic mass is 10.1. The molecule has 0 amide bonds. The van der Waals surface area contributed by atoms with Crippen LogP contribution < -0.4 is 5.32 Å². The molecule has 2 aromatic heterocycles. The maximum atomic E-state index is 4.50. The van der Waals surface area contributed by atoms with Crippen molar-refractivity contribution in [2.45, 2.75) is 46.2 Å². The fraction of sp³-hybridized carbons (Fsp3) is 0.571. The molecule has 1 atom stereocenters. The Morgan fingerprint density at radius 2 is 2.21 bits per heavy atom. The summed E-state index contributed by atoms with van der Waals surface area (Å²) in [5.41, 5.74) is 3.05. The van der Waals surface area contributed by atoms with Crippen LogP contribution in [0.5, 0.6) is 0 Å². The number of hydrogen-bond acceptors (Lipinski definition) is 4. The molecule has 19 heavy (non-hydrogen) atoms. The monoisotopic (exact) mass is 278 g/mol. The molecule has 5 heteroatoms. The Morgan fingerprint density at radius 1 is 1.37 bits per heavy atom. The minimum Gasteiger partial charge on any atom is -0.335 e. The van der Waals surface area contributed by atoms with Crippen molar-refractivity contribution in [3.63, 3.8) is 0 Å². The van der Waals surface area contributed by atoms with Crippen molar-refractivity contribution in [3.8, 4) is 0 Å². The molecule has 104 valence electrons.